The second kappa shape index (κ2) is 3.53. The fraction of sp³-hybridized carbons (Fsp3) is 1.00. The number of hydrogen-bond donors (Lipinski definition) is 2. The van der Waals surface area contributed by atoms with Crippen LogP contribution in [0.3, 0.4) is 0 Å². The lowest BCUT2D eigenvalue weighted by atomic mass is 10.1. The van der Waals surface area contributed by atoms with Crippen LogP contribution in [0, 0.1) is 0 Å². The number of hydrogen-bond acceptors (Lipinski definition) is 4. The molecule has 2 N–H and O–H groups in total. The van der Waals surface area contributed by atoms with Crippen molar-refractivity contribution < 1.29 is 19.7 Å². The van der Waals surface area contributed by atoms with Crippen LogP contribution < -0.4 is 0 Å². The molecular formula is C9H16O4. The van der Waals surface area contributed by atoms with Gasteiger partial charge in [-0.25, -0.2) is 0 Å². The van der Waals surface area contributed by atoms with Crippen molar-refractivity contribution in [3.8, 4) is 0 Å². The predicted molar refractivity (Wildman–Crippen MR) is 45.3 cm³/mol. The van der Waals surface area contributed by atoms with Crippen LogP contribution in [0.15, 0.2) is 0 Å². The van der Waals surface area contributed by atoms with Gasteiger partial charge in [-0.2, -0.15) is 0 Å². The lowest BCUT2D eigenvalue weighted by Crippen LogP contribution is -2.34. The van der Waals surface area contributed by atoms with E-state index in [-0.39, 0.29) is 12.2 Å². The lowest BCUT2D eigenvalue weighted by Gasteiger charge is -2.14. The van der Waals surface area contributed by atoms with Crippen LogP contribution in [-0.2, 0) is 9.47 Å². The quantitative estimate of drug-likeness (QED) is 0.637. The molecule has 1 aliphatic heterocycles. The first kappa shape index (κ1) is 9.40. The zero-order chi connectivity index (χ0) is 9.42. The molecule has 1 saturated carbocycles. The summed E-state index contributed by atoms with van der Waals surface area (Å²) in [5.41, 5.74) is 0. The summed E-state index contributed by atoms with van der Waals surface area (Å²) in [5, 5.41) is 18.9. The normalized spacial score (nSPS) is 45.5. The minimum absolute atomic E-state index is 0.289. The zero-order valence-corrected chi connectivity index (χ0v) is 7.72. The molecule has 2 fully saturated rings. The Kier molecular flexibility index (Phi) is 2.55. The molecule has 0 radical (unpaired) electrons. The first-order valence-electron chi connectivity index (χ1n) is 4.81. The SMILES string of the molecule is C[C@@H]1O[C@H](COC2CC2)C(O)C1O. The molecule has 13 heavy (non-hydrogen) atoms. The fourth-order valence-electron chi connectivity index (χ4n) is 1.54. The molecule has 1 saturated heterocycles. The molecule has 4 atom stereocenters. The van der Waals surface area contributed by atoms with Gasteiger partial charge in [0, 0.05) is 0 Å². The van der Waals surface area contributed by atoms with Crippen molar-refractivity contribution in [1.29, 1.82) is 0 Å². The summed E-state index contributed by atoms with van der Waals surface area (Å²) in [6.07, 6.45) is 0.376. The van der Waals surface area contributed by atoms with E-state index in [1.807, 2.05) is 0 Å². The van der Waals surface area contributed by atoms with Gasteiger partial charge in [-0.15, -0.1) is 0 Å². The van der Waals surface area contributed by atoms with E-state index in [1.54, 1.807) is 6.92 Å². The fourth-order valence-corrected chi connectivity index (χ4v) is 1.54. The van der Waals surface area contributed by atoms with Gasteiger partial charge in [-0.05, 0) is 19.8 Å². The maximum atomic E-state index is 9.51. The number of rotatable bonds is 3. The maximum Gasteiger partial charge on any atom is 0.111 e. The van der Waals surface area contributed by atoms with Gasteiger partial charge >= 0.3 is 0 Å². The van der Waals surface area contributed by atoms with Gasteiger partial charge in [-0.3, -0.25) is 0 Å². The van der Waals surface area contributed by atoms with E-state index < -0.39 is 12.2 Å². The van der Waals surface area contributed by atoms with Crippen LogP contribution in [0.4, 0.5) is 0 Å². The molecule has 76 valence electrons. The highest BCUT2D eigenvalue weighted by Crippen LogP contribution is 2.26. The Morgan fingerprint density at radius 1 is 1.31 bits per heavy atom. The average molecular weight is 188 g/mol. The van der Waals surface area contributed by atoms with Crippen LogP contribution >= 0.6 is 0 Å². The van der Waals surface area contributed by atoms with Crippen molar-refractivity contribution in [2.24, 2.45) is 0 Å². The molecule has 0 aromatic carbocycles. The molecule has 2 aliphatic rings. The maximum absolute atomic E-state index is 9.51. The minimum atomic E-state index is -0.797. The first-order valence-corrected chi connectivity index (χ1v) is 4.81. The molecule has 0 amide bonds. The summed E-state index contributed by atoms with van der Waals surface area (Å²) in [4.78, 5) is 0. The zero-order valence-electron chi connectivity index (χ0n) is 7.72. The molecule has 0 spiro atoms. The summed E-state index contributed by atoms with van der Waals surface area (Å²) in [7, 11) is 0. The number of aliphatic hydroxyl groups excluding tert-OH is 2. The molecule has 0 aromatic heterocycles. The summed E-state index contributed by atoms with van der Waals surface area (Å²) in [5.74, 6) is 0. The lowest BCUT2D eigenvalue weighted by molar-refractivity contribution is -0.0449. The molecule has 2 rings (SSSR count). The van der Waals surface area contributed by atoms with Crippen molar-refractivity contribution >= 4 is 0 Å². The highest BCUT2D eigenvalue weighted by molar-refractivity contribution is 4.88. The molecule has 1 aliphatic carbocycles. The number of ether oxygens (including phenoxy) is 2. The van der Waals surface area contributed by atoms with Gasteiger partial charge in [0.25, 0.3) is 0 Å². The molecule has 2 unspecified atom stereocenters. The first-order chi connectivity index (χ1) is 6.18. The number of aliphatic hydroxyl groups is 2. The van der Waals surface area contributed by atoms with Gasteiger partial charge in [-0.1, -0.05) is 0 Å². The molecule has 0 bridgehead atoms. The van der Waals surface area contributed by atoms with Crippen molar-refractivity contribution in [2.75, 3.05) is 6.61 Å². The second-order valence-corrected chi connectivity index (χ2v) is 3.89. The average Bonchev–Trinajstić information content (AvgIpc) is 2.89. The van der Waals surface area contributed by atoms with Gasteiger partial charge in [0.2, 0.25) is 0 Å². The highest BCUT2D eigenvalue weighted by Gasteiger charge is 2.40. The molecular weight excluding hydrogens is 172 g/mol. The Morgan fingerprint density at radius 2 is 2.00 bits per heavy atom. The summed E-state index contributed by atoms with van der Waals surface area (Å²) in [6, 6.07) is 0. The van der Waals surface area contributed by atoms with Gasteiger partial charge < -0.3 is 19.7 Å². The van der Waals surface area contributed by atoms with Crippen molar-refractivity contribution in [3.63, 3.8) is 0 Å². The van der Waals surface area contributed by atoms with E-state index in [4.69, 9.17) is 9.47 Å². The third kappa shape index (κ3) is 2.02. The van der Waals surface area contributed by atoms with Crippen LogP contribution in [0.1, 0.15) is 19.8 Å². The smallest absolute Gasteiger partial charge is 0.111 e. The van der Waals surface area contributed by atoms with E-state index in [1.165, 1.54) is 0 Å². The Bertz CT molecular complexity index is 180. The van der Waals surface area contributed by atoms with Gasteiger partial charge in [0.05, 0.1) is 18.8 Å². The van der Waals surface area contributed by atoms with Crippen LogP contribution in [0.25, 0.3) is 0 Å². The van der Waals surface area contributed by atoms with E-state index in [0.29, 0.717) is 12.7 Å². The Hall–Kier alpha value is -0.160. The molecule has 4 nitrogen and oxygen atoms in total. The summed E-state index contributed by atoms with van der Waals surface area (Å²) < 4.78 is 10.7. The van der Waals surface area contributed by atoms with Crippen molar-refractivity contribution in [3.05, 3.63) is 0 Å². The van der Waals surface area contributed by atoms with E-state index in [9.17, 15) is 10.2 Å². The van der Waals surface area contributed by atoms with Crippen molar-refractivity contribution in [2.45, 2.75) is 50.3 Å². The van der Waals surface area contributed by atoms with Gasteiger partial charge in [0.1, 0.15) is 18.3 Å². The topological polar surface area (TPSA) is 58.9 Å². The minimum Gasteiger partial charge on any atom is -0.388 e. The van der Waals surface area contributed by atoms with Crippen LogP contribution in [-0.4, -0.2) is 47.3 Å². The Labute approximate surface area is 77.5 Å². The third-order valence-corrected chi connectivity index (χ3v) is 2.62. The van der Waals surface area contributed by atoms with Gasteiger partial charge in [0.15, 0.2) is 0 Å². The van der Waals surface area contributed by atoms with Crippen LogP contribution in [0.2, 0.25) is 0 Å². The highest BCUT2D eigenvalue weighted by atomic mass is 16.6. The van der Waals surface area contributed by atoms with E-state index >= 15 is 0 Å². The van der Waals surface area contributed by atoms with E-state index in [2.05, 4.69) is 0 Å². The molecule has 4 heteroatoms. The Balaban J connectivity index is 1.78. The van der Waals surface area contributed by atoms with E-state index in [0.717, 1.165) is 12.8 Å². The summed E-state index contributed by atoms with van der Waals surface area (Å²) in [6.45, 7) is 2.15. The molecule has 0 aromatic rings. The molecule has 1 heterocycles. The van der Waals surface area contributed by atoms with Crippen molar-refractivity contribution in [1.82, 2.24) is 0 Å². The second-order valence-electron chi connectivity index (χ2n) is 3.89. The third-order valence-electron chi connectivity index (χ3n) is 2.62. The largest absolute Gasteiger partial charge is 0.388 e. The monoisotopic (exact) mass is 188 g/mol. The predicted octanol–water partition coefficient (Wildman–Crippen LogP) is -0.326. The Morgan fingerprint density at radius 3 is 2.46 bits per heavy atom. The van der Waals surface area contributed by atoms with Crippen LogP contribution in [0.5, 0.6) is 0 Å². The summed E-state index contributed by atoms with van der Waals surface area (Å²) >= 11 is 0. The standard InChI is InChI=1S/C9H16O4/c1-5-8(10)9(11)7(13-5)4-12-6-2-3-6/h5-11H,2-4H2,1H3/t5-,7+,8?,9?/m0/s1.